The average Bonchev–Trinajstić information content (AvgIpc) is 2.42. The van der Waals surface area contributed by atoms with E-state index in [2.05, 4.69) is 6.92 Å². The Hall–Kier alpha value is -0.970. The fraction of sp³-hybridized carbons (Fsp3) is 0.571. The van der Waals surface area contributed by atoms with Crippen LogP contribution in [0.2, 0.25) is 0 Å². The Bertz CT molecular complexity index is 405. The molecular weight excluding hydrogens is 235 g/mol. The van der Waals surface area contributed by atoms with Crippen molar-refractivity contribution in [1.29, 1.82) is 0 Å². The molecule has 3 fully saturated rings. The summed E-state index contributed by atoms with van der Waals surface area (Å²) in [4.78, 5) is 0. The maximum atomic E-state index is 12.9. The molecule has 0 spiro atoms. The summed E-state index contributed by atoms with van der Waals surface area (Å²) in [5, 5.41) is 0. The summed E-state index contributed by atoms with van der Waals surface area (Å²) in [5.41, 5.74) is 0.713. The van der Waals surface area contributed by atoms with Crippen LogP contribution in [-0.4, -0.2) is 19.8 Å². The fourth-order valence-electron chi connectivity index (χ4n) is 2.65. The van der Waals surface area contributed by atoms with Gasteiger partial charge in [-0.15, -0.1) is 0 Å². The van der Waals surface area contributed by atoms with Crippen molar-refractivity contribution in [3.05, 3.63) is 35.6 Å². The summed E-state index contributed by atoms with van der Waals surface area (Å²) in [5.74, 6) is -1.40. The Labute approximate surface area is 106 Å². The molecule has 3 aliphatic heterocycles. The van der Waals surface area contributed by atoms with Crippen LogP contribution < -0.4 is 0 Å². The van der Waals surface area contributed by atoms with E-state index >= 15 is 0 Å². The number of hydrogen-bond donors (Lipinski definition) is 0. The number of rotatable bonds is 3. The monoisotopic (exact) mass is 252 g/mol. The molecule has 0 aliphatic carbocycles. The van der Waals surface area contributed by atoms with Gasteiger partial charge in [-0.1, -0.05) is 13.3 Å². The molecule has 0 saturated carbocycles. The molecule has 3 aliphatic rings. The Morgan fingerprint density at radius 2 is 1.61 bits per heavy atom. The number of halogens is 1. The lowest BCUT2D eigenvalue weighted by Crippen LogP contribution is -2.58. The highest BCUT2D eigenvalue weighted by Crippen LogP contribution is 2.46. The van der Waals surface area contributed by atoms with Crippen LogP contribution in [0.5, 0.6) is 0 Å². The van der Waals surface area contributed by atoms with Gasteiger partial charge in [0.15, 0.2) is 0 Å². The lowest BCUT2D eigenvalue weighted by molar-refractivity contribution is -0.480. The van der Waals surface area contributed by atoms with E-state index in [4.69, 9.17) is 14.2 Å². The zero-order chi connectivity index (χ0) is 12.6. The Kier molecular flexibility index (Phi) is 2.88. The minimum atomic E-state index is -1.12. The van der Waals surface area contributed by atoms with Crippen LogP contribution in [0.15, 0.2) is 24.3 Å². The minimum absolute atomic E-state index is 0.00344. The molecule has 4 heteroatoms. The quantitative estimate of drug-likeness (QED) is 0.828. The van der Waals surface area contributed by atoms with E-state index in [1.807, 2.05) is 0 Å². The second kappa shape index (κ2) is 4.30. The van der Waals surface area contributed by atoms with Gasteiger partial charge in [0.1, 0.15) is 5.82 Å². The van der Waals surface area contributed by atoms with Gasteiger partial charge in [-0.25, -0.2) is 4.39 Å². The van der Waals surface area contributed by atoms with Gasteiger partial charge in [-0.3, -0.25) is 0 Å². The van der Waals surface area contributed by atoms with E-state index in [1.165, 1.54) is 12.1 Å². The fourth-order valence-corrected chi connectivity index (χ4v) is 2.65. The average molecular weight is 252 g/mol. The van der Waals surface area contributed by atoms with E-state index in [1.54, 1.807) is 12.1 Å². The van der Waals surface area contributed by atoms with Crippen LogP contribution in [0, 0.1) is 11.2 Å². The number of fused-ring (bicyclic) bond motifs is 3. The largest absolute Gasteiger partial charge is 0.323 e. The molecule has 0 N–H and O–H groups in total. The van der Waals surface area contributed by atoms with Gasteiger partial charge in [0, 0.05) is 11.0 Å². The summed E-state index contributed by atoms with van der Waals surface area (Å²) in [6.45, 7) is 4.06. The molecule has 0 amide bonds. The first-order chi connectivity index (χ1) is 8.68. The summed E-state index contributed by atoms with van der Waals surface area (Å²) >= 11 is 0. The Morgan fingerprint density at radius 1 is 1.06 bits per heavy atom. The summed E-state index contributed by atoms with van der Waals surface area (Å²) in [7, 11) is 0. The highest BCUT2D eigenvalue weighted by Gasteiger charge is 2.53. The first kappa shape index (κ1) is 12.1. The first-order valence-corrected chi connectivity index (χ1v) is 6.36. The Balaban J connectivity index is 1.82. The molecule has 0 radical (unpaired) electrons. The summed E-state index contributed by atoms with van der Waals surface area (Å²) < 4.78 is 30.3. The number of ether oxygens (including phenoxy) is 3. The van der Waals surface area contributed by atoms with Crippen LogP contribution in [0.25, 0.3) is 0 Å². The normalized spacial score (nSPS) is 34.8. The van der Waals surface area contributed by atoms with E-state index < -0.39 is 5.97 Å². The van der Waals surface area contributed by atoms with Gasteiger partial charge >= 0.3 is 5.97 Å². The van der Waals surface area contributed by atoms with Crippen molar-refractivity contribution in [3.63, 3.8) is 0 Å². The highest BCUT2D eigenvalue weighted by atomic mass is 19.1. The van der Waals surface area contributed by atoms with Gasteiger partial charge in [0.05, 0.1) is 19.8 Å². The highest BCUT2D eigenvalue weighted by molar-refractivity contribution is 5.20. The van der Waals surface area contributed by atoms with Crippen LogP contribution in [0.1, 0.15) is 25.3 Å². The molecule has 0 atom stereocenters. The van der Waals surface area contributed by atoms with Crippen LogP contribution >= 0.6 is 0 Å². The molecular formula is C14H17FO3. The second-order valence-corrected chi connectivity index (χ2v) is 5.18. The lowest BCUT2D eigenvalue weighted by Gasteiger charge is -2.51. The third-order valence-electron chi connectivity index (χ3n) is 3.68. The smallest absolute Gasteiger partial charge is 0.312 e. The van der Waals surface area contributed by atoms with E-state index in [-0.39, 0.29) is 11.2 Å². The minimum Gasteiger partial charge on any atom is -0.323 e. The van der Waals surface area contributed by atoms with Crippen LogP contribution in [0.3, 0.4) is 0 Å². The molecule has 3 heterocycles. The van der Waals surface area contributed by atoms with Crippen molar-refractivity contribution in [1.82, 2.24) is 0 Å². The van der Waals surface area contributed by atoms with Crippen molar-refractivity contribution in [3.8, 4) is 0 Å². The first-order valence-electron chi connectivity index (χ1n) is 6.36. The SMILES string of the molecule is CCCC12COC(c3ccc(F)cc3)(OC1)OC2. The zero-order valence-electron chi connectivity index (χ0n) is 10.4. The van der Waals surface area contributed by atoms with Crippen LogP contribution in [-0.2, 0) is 20.2 Å². The van der Waals surface area contributed by atoms with Gasteiger partial charge in [-0.2, -0.15) is 0 Å². The van der Waals surface area contributed by atoms with Crippen molar-refractivity contribution in [2.24, 2.45) is 5.41 Å². The van der Waals surface area contributed by atoms with E-state index in [0.29, 0.717) is 25.4 Å². The molecule has 3 nitrogen and oxygen atoms in total. The van der Waals surface area contributed by atoms with Crippen molar-refractivity contribution >= 4 is 0 Å². The van der Waals surface area contributed by atoms with Crippen molar-refractivity contribution in [2.75, 3.05) is 19.8 Å². The van der Waals surface area contributed by atoms with Crippen LogP contribution in [0.4, 0.5) is 4.39 Å². The van der Waals surface area contributed by atoms with E-state index in [0.717, 1.165) is 12.8 Å². The summed E-state index contributed by atoms with van der Waals surface area (Å²) in [6.07, 6.45) is 2.12. The predicted octanol–water partition coefficient (Wildman–Crippen LogP) is 2.80. The third-order valence-corrected chi connectivity index (χ3v) is 3.68. The molecule has 2 bridgehead atoms. The molecule has 0 aromatic heterocycles. The molecule has 1 aromatic carbocycles. The summed E-state index contributed by atoms with van der Waals surface area (Å²) in [6, 6.07) is 6.08. The van der Waals surface area contributed by atoms with Crippen molar-refractivity contribution < 1.29 is 18.6 Å². The molecule has 3 saturated heterocycles. The second-order valence-electron chi connectivity index (χ2n) is 5.18. The standard InChI is InChI=1S/C14H17FO3/c1-2-7-13-8-16-14(17-9-13,18-10-13)11-3-5-12(15)6-4-11/h3-6H,2,7-10H2,1H3. The van der Waals surface area contributed by atoms with Gasteiger partial charge in [-0.05, 0) is 30.7 Å². The van der Waals surface area contributed by atoms with Gasteiger partial charge in [0.25, 0.3) is 0 Å². The lowest BCUT2D eigenvalue weighted by atomic mass is 9.84. The Morgan fingerprint density at radius 3 is 2.11 bits per heavy atom. The van der Waals surface area contributed by atoms with Crippen molar-refractivity contribution in [2.45, 2.75) is 25.7 Å². The molecule has 18 heavy (non-hydrogen) atoms. The zero-order valence-corrected chi connectivity index (χ0v) is 10.4. The molecule has 98 valence electrons. The van der Waals surface area contributed by atoms with Gasteiger partial charge in [0.2, 0.25) is 0 Å². The predicted molar refractivity (Wildman–Crippen MR) is 63.3 cm³/mol. The van der Waals surface area contributed by atoms with E-state index in [9.17, 15) is 4.39 Å². The molecule has 1 aromatic rings. The molecule has 4 rings (SSSR count). The number of benzene rings is 1. The van der Waals surface area contributed by atoms with Gasteiger partial charge < -0.3 is 14.2 Å². The maximum Gasteiger partial charge on any atom is 0.312 e. The number of hydrogen-bond acceptors (Lipinski definition) is 3. The maximum absolute atomic E-state index is 12.9. The third kappa shape index (κ3) is 1.85. The topological polar surface area (TPSA) is 27.7 Å². The molecule has 0 unspecified atom stereocenters.